The first-order valence-corrected chi connectivity index (χ1v) is 8.79. The maximum atomic E-state index is 13.3. The Morgan fingerprint density at radius 2 is 2.07 bits per heavy atom. The molecule has 1 fully saturated rings. The highest BCUT2D eigenvalue weighted by molar-refractivity contribution is 6.30. The number of aryl methyl sites for hydroxylation is 1. The van der Waals surface area contributed by atoms with Gasteiger partial charge < -0.3 is 9.74 Å². The van der Waals surface area contributed by atoms with Crippen LogP contribution in [0, 0.1) is 0 Å². The fourth-order valence-corrected chi connectivity index (χ4v) is 3.43. The van der Waals surface area contributed by atoms with Gasteiger partial charge in [0.15, 0.2) is 0 Å². The Hall–Kier alpha value is -2.48. The Balaban J connectivity index is 1.95. The van der Waals surface area contributed by atoms with Crippen molar-refractivity contribution in [2.24, 2.45) is 12.2 Å². The quantitative estimate of drug-likeness (QED) is 0.572. The third-order valence-electron chi connectivity index (χ3n) is 4.45. The second-order valence-electron chi connectivity index (χ2n) is 6.22. The fourth-order valence-electron chi connectivity index (χ4n) is 3.31. The van der Waals surface area contributed by atoms with Gasteiger partial charge in [-0.2, -0.15) is 5.10 Å². The molecule has 1 amide bonds. The van der Waals surface area contributed by atoms with Crippen LogP contribution in [-0.4, -0.2) is 46.0 Å². The number of carbonyl (C=O) groups excluding carboxylic acids is 1. The molecule has 0 N–H and O–H groups in total. The molecule has 144 valence electrons. The van der Waals surface area contributed by atoms with Gasteiger partial charge in [0.05, 0.1) is 11.6 Å². The summed E-state index contributed by atoms with van der Waals surface area (Å²) in [7, 11) is 2.93. The van der Waals surface area contributed by atoms with Crippen LogP contribution < -0.4 is 0 Å². The number of carbonyl (C=O) groups is 1. The molecule has 1 aromatic carbocycles. The lowest BCUT2D eigenvalue weighted by molar-refractivity contribution is 0.0755. The van der Waals surface area contributed by atoms with E-state index in [2.05, 4.69) is 10.3 Å². The molecule has 2 aromatic rings. The molecule has 1 aliphatic heterocycles. The molecule has 0 saturated carbocycles. The summed E-state index contributed by atoms with van der Waals surface area (Å²) in [6.07, 6.45) is -0.110. The SMILES string of the molecule is CO/N=C(\c1ccc(Cl)cc1)C1CCCN1C(=O)c1cn(C)nc1C(F)F. The Morgan fingerprint density at radius 3 is 2.70 bits per heavy atom. The van der Waals surface area contributed by atoms with E-state index in [1.807, 2.05) is 0 Å². The topological polar surface area (TPSA) is 59.7 Å². The summed E-state index contributed by atoms with van der Waals surface area (Å²) in [5, 5.41) is 8.41. The number of rotatable bonds is 5. The lowest BCUT2D eigenvalue weighted by Crippen LogP contribution is -2.41. The van der Waals surface area contributed by atoms with Crippen molar-refractivity contribution < 1.29 is 18.4 Å². The van der Waals surface area contributed by atoms with Crippen molar-refractivity contribution in [3.05, 3.63) is 52.3 Å². The van der Waals surface area contributed by atoms with Crippen LogP contribution in [0.5, 0.6) is 0 Å². The molecule has 0 aliphatic carbocycles. The number of alkyl halides is 2. The molecule has 0 spiro atoms. The van der Waals surface area contributed by atoms with Gasteiger partial charge in [-0.25, -0.2) is 8.78 Å². The summed E-state index contributed by atoms with van der Waals surface area (Å²) < 4.78 is 27.8. The van der Waals surface area contributed by atoms with Gasteiger partial charge in [-0.1, -0.05) is 28.9 Å². The molecule has 0 bridgehead atoms. The minimum Gasteiger partial charge on any atom is -0.399 e. The molecule has 6 nitrogen and oxygen atoms in total. The smallest absolute Gasteiger partial charge is 0.282 e. The summed E-state index contributed by atoms with van der Waals surface area (Å²) in [4.78, 5) is 19.5. The highest BCUT2D eigenvalue weighted by atomic mass is 35.5. The number of amides is 1. The van der Waals surface area contributed by atoms with E-state index < -0.39 is 18.0 Å². The zero-order valence-corrected chi connectivity index (χ0v) is 15.7. The zero-order chi connectivity index (χ0) is 19.6. The summed E-state index contributed by atoms with van der Waals surface area (Å²) in [6, 6.07) is 6.63. The van der Waals surface area contributed by atoms with Gasteiger partial charge in [-0.3, -0.25) is 9.48 Å². The first-order valence-electron chi connectivity index (χ1n) is 8.42. The predicted octanol–water partition coefficient (Wildman–Crippen LogP) is 3.67. The molecule has 1 saturated heterocycles. The van der Waals surface area contributed by atoms with Crippen molar-refractivity contribution >= 4 is 23.2 Å². The third-order valence-corrected chi connectivity index (χ3v) is 4.71. The molecule has 1 aliphatic rings. The molecule has 1 atom stereocenters. The molecule has 9 heteroatoms. The molecular formula is C18H19ClF2N4O2. The minimum absolute atomic E-state index is 0.0905. The van der Waals surface area contributed by atoms with Crippen LogP contribution >= 0.6 is 11.6 Å². The van der Waals surface area contributed by atoms with Crippen molar-refractivity contribution in [2.45, 2.75) is 25.3 Å². The maximum absolute atomic E-state index is 13.3. The van der Waals surface area contributed by atoms with Crippen LogP contribution in [-0.2, 0) is 11.9 Å². The average molecular weight is 397 g/mol. The first kappa shape index (κ1) is 19.3. The van der Waals surface area contributed by atoms with Gasteiger partial charge in [0.2, 0.25) is 0 Å². The van der Waals surface area contributed by atoms with E-state index in [1.54, 1.807) is 29.2 Å². The van der Waals surface area contributed by atoms with Gasteiger partial charge in [0, 0.05) is 30.4 Å². The lowest BCUT2D eigenvalue weighted by atomic mass is 10.0. The van der Waals surface area contributed by atoms with Gasteiger partial charge in [0.25, 0.3) is 12.3 Å². The monoisotopic (exact) mass is 396 g/mol. The number of nitrogens with zero attached hydrogens (tertiary/aromatic N) is 4. The van der Waals surface area contributed by atoms with E-state index in [9.17, 15) is 13.6 Å². The van der Waals surface area contributed by atoms with Gasteiger partial charge >= 0.3 is 0 Å². The van der Waals surface area contributed by atoms with Gasteiger partial charge in [-0.15, -0.1) is 0 Å². The Kier molecular flexibility index (Phi) is 5.74. The number of hydrogen-bond donors (Lipinski definition) is 0. The lowest BCUT2D eigenvalue weighted by Gasteiger charge is -2.25. The van der Waals surface area contributed by atoms with Crippen molar-refractivity contribution in [2.75, 3.05) is 13.7 Å². The van der Waals surface area contributed by atoms with Gasteiger partial charge in [0.1, 0.15) is 18.5 Å². The molecule has 3 rings (SSSR count). The third kappa shape index (κ3) is 3.95. The Bertz CT molecular complexity index is 852. The normalized spacial score (nSPS) is 17.6. The summed E-state index contributed by atoms with van der Waals surface area (Å²) in [6.45, 7) is 0.442. The van der Waals surface area contributed by atoms with E-state index in [0.29, 0.717) is 23.7 Å². The maximum Gasteiger partial charge on any atom is 0.282 e. The van der Waals surface area contributed by atoms with E-state index in [1.165, 1.54) is 25.0 Å². The molecule has 1 unspecified atom stereocenters. The number of benzene rings is 1. The molecule has 27 heavy (non-hydrogen) atoms. The van der Waals surface area contributed by atoms with Crippen LogP contribution in [0.1, 0.15) is 40.9 Å². The second-order valence-corrected chi connectivity index (χ2v) is 6.66. The predicted molar refractivity (Wildman–Crippen MR) is 97.2 cm³/mol. The van der Waals surface area contributed by atoms with Gasteiger partial charge in [-0.05, 0) is 25.0 Å². The van der Waals surface area contributed by atoms with E-state index >= 15 is 0 Å². The van der Waals surface area contributed by atoms with Crippen molar-refractivity contribution in [1.29, 1.82) is 0 Å². The zero-order valence-electron chi connectivity index (χ0n) is 14.9. The summed E-state index contributed by atoms with van der Waals surface area (Å²) in [5.74, 6) is -0.487. The van der Waals surface area contributed by atoms with Crippen molar-refractivity contribution in [3.8, 4) is 0 Å². The number of oxime groups is 1. The molecular weight excluding hydrogens is 378 g/mol. The van der Waals surface area contributed by atoms with Crippen LogP contribution in [0.2, 0.25) is 5.02 Å². The average Bonchev–Trinajstić information content (AvgIpc) is 3.27. The number of aromatic nitrogens is 2. The van der Waals surface area contributed by atoms with E-state index in [-0.39, 0.29) is 11.6 Å². The second kappa shape index (κ2) is 8.04. The highest BCUT2D eigenvalue weighted by Gasteiger charge is 2.36. The number of halogens is 3. The molecule has 2 heterocycles. The Labute approximate surface area is 160 Å². The molecule has 0 radical (unpaired) electrons. The number of hydrogen-bond acceptors (Lipinski definition) is 4. The Morgan fingerprint density at radius 1 is 1.37 bits per heavy atom. The highest BCUT2D eigenvalue weighted by Crippen LogP contribution is 2.28. The minimum atomic E-state index is -2.82. The number of likely N-dealkylation sites (tertiary alicyclic amines) is 1. The summed E-state index contributed by atoms with van der Waals surface area (Å²) >= 11 is 5.95. The fraction of sp³-hybridized carbons (Fsp3) is 0.389. The van der Waals surface area contributed by atoms with Crippen LogP contribution in [0.3, 0.4) is 0 Å². The van der Waals surface area contributed by atoms with Crippen molar-refractivity contribution in [3.63, 3.8) is 0 Å². The summed E-state index contributed by atoms with van der Waals surface area (Å²) in [5.41, 5.74) is 0.714. The largest absolute Gasteiger partial charge is 0.399 e. The van der Waals surface area contributed by atoms with Crippen LogP contribution in [0.4, 0.5) is 8.78 Å². The first-order chi connectivity index (χ1) is 12.9. The van der Waals surface area contributed by atoms with E-state index in [4.69, 9.17) is 16.4 Å². The molecule has 1 aromatic heterocycles. The van der Waals surface area contributed by atoms with Crippen LogP contribution in [0.25, 0.3) is 0 Å². The standard InChI is InChI=1S/C18H19ClF2N4O2/c1-24-10-13(16(22-24)17(20)21)18(26)25-9-3-4-14(25)15(23-27-2)11-5-7-12(19)8-6-11/h5-8,10,14,17H,3-4,9H2,1-2H3/b23-15+. The van der Waals surface area contributed by atoms with E-state index in [0.717, 1.165) is 12.0 Å². The van der Waals surface area contributed by atoms with Crippen LogP contribution in [0.15, 0.2) is 35.6 Å². The van der Waals surface area contributed by atoms with Crippen molar-refractivity contribution in [1.82, 2.24) is 14.7 Å².